The molecule has 0 aliphatic heterocycles. The molecule has 0 saturated heterocycles. The molecule has 3 nitrogen and oxygen atoms in total. The zero-order valence-corrected chi connectivity index (χ0v) is 15.0. The molecular formula is C20H20BrNO2. The fourth-order valence-corrected chi connectivity index (χ4v) is 4.01. The van der Waals surface area contributed by atoms with Crippen LogP contribution in [0.3, 0.4) is 0 Å². The van der Waals surface area contributed by atoms with E-state index in [0.29, 0.717) is 16.8 Å². The van der Waals surface area contributed by atoms with Gasteiger partial charge in [-0.15, -0.1) is 0 Å². The van der Waals surface area contributed by atoms with Crippen molar-refractivity contribution < 1.29 is 9.52 Å². The second kappa shape index (κ2) is 6.61. The van der Waals surface area contributed by atoms with E-state index < -0.39 is 0 Å². The van der Waals surface area contributed by atoms with E-state index in [1.165, 1.54) is 24.0 Å². The molecule has 124 valence electrons. The van der Waals surface area contributed by atoms with E-state index in [2.05, 4.69) is 33.4 Å². The lowest BCUT2D eigenvalue weighted by molar-refractivity contribution is 0.461. The second-order valence-electron chi connectivity index (χ2n) is 6.36. The molecule has 1 heterocycles. The van der Waals surface area contributed by atoms with Crippen LogP contribution in [0.15, 0.2) is 45.3 Å². The van der Waals surface area contributed by atoms with E-state index in [9.17, 15) is 5.11 Å². The van der Waals surface area contributed by atoms with E-state index in [1.807, 2.05) is 24.3 Å². The van der Waals surface area contributed by atoms with Crippen LogP contribution in [0.1, 0.15) is 35.3 Å². The monoisotopic (exact) mass is 385 g/mol. The highest BCUT2D eigenvalue weighted by atomic mass is 79.9. The molecule has 2 N–H and O–H groups in total. The number of furan rings is 1. The van der Waals surface area contributed by atoms with Crippen molar-refractivity contribution in [2.45, 2.75) is 38.8 Å². The van der Waals surface area contributed by atoms with Gasteiger partial charge < -0.3 is 14.8 Å². The summed E-state index contributed by atoms with van der Waals surface area (Å²) < 4.78 is 6.75. The molecule has 1 aliphatic carbocycles. The van der Waals surface area contributed by atoms with Crippen molar-refractivity contribution in [1.29, 1.82) is 0 Å². The summed E-state index contributed by atoms with van der Waals surface area (Å²) in [4.78, 5) is 0. The molecule has 0 radical (unpaired) electrons. The number of benzene rings is 2. The Kier molecular flexibility index (Phi) is 4.33. The van der Waals surface area contributed by atoms with Gasteiger partial charge in [-0.25, -0.2) is 0 Å². The average molecular weight is 386 g/mol. The molecule has 0 amide bonds. The van der Waals surface area contributed by atoms with Crippen molar-refractivity contribution in [3.63, 3.8) is 0 Å². The SMILES string of the molecule is Oc1c(Br)cc2oc3c(c2c1CNCc1ccccc1)CCCC3. The van der Waals surface area contributed by atoms with Crippen molar-refractivity contribution in [2.24, 2.45) is 0 Å². The highest BCUT2D eigenvalue weighted by Crippen LogP contribution is 2.41. The van der Waals surface area contributed by atoms with Crippen molar-refractivity contribution in [1.82, 2.24) is 5.32 Å². The van der Waals surface area contributed by atoms with Crippen LogP contribution in [0.4, 0.5) is 0 Å². The third-order valence-corrected chi connectivity index (χ3v) is 5.35. The van der Waals surface area contributed by atoms with Crippen LogP contribution in [0, 0.1) is 0 Å². The van der Waals surface area contributed by atoms with Gasteiger partial charge >= 0.3 is 0 Å². The maximum atomic E-state index is 10.6. The lowest BCUT2D eigenvalue weighted by Crippen LogP contribution is -2.13. The zero-order valence-electron chi connectivity index (χ0n) is 13.4. The van der Waals surface area contributed by atoms with E-state index in [1.54, 1.807) is 0 Å². The molecule has 0 unspecified atom stereocenters. The molecule has 24 heavy (non-hydrogen) atoms. The quantitative estimate of drug-likeness (QED) is 0.658. The Morgan fingerprint density at radius 2 is 1.88 bits per heavy atom. The lowest BCUT2D eigenvalue weighted by Gasteiger charge is -2.13. The van der Waals surface area contributed by atoms with E-state index in [0.717, 1.165) is 41.7 Å². The molecule has 1 aliphatic rings. The normalized spacial score (nSPS) is 14.0. The number of rotatable bonds is 4. The van der Waals surface area contributed by atoms with Gasteiger partial charge in [-0.2, -0.15) is 0 Å². The molecule has 0 atom stereocenters. The van der Waals surface area contributed by atoms with Gasteiger partial charge in [-0.1, -0.05) is 30.3 Å². The third kappa shape index (κ3) is 2.85. The summed E-state index contributed by atoms with van der Waals surface area (Å²) in [6, 6.07) is 12.2. The highest BCUT2D eigenvalue weighted by Gasteiger charge is 2.23. The van der Waals surface area contributed by atoms with Crippen LogP contribution in [0.25, 0.3) is 11.0 Å². The Bertz CT molecular complexity index is 870. The molecule has 0 saturated carbocycles. The van der Waals surface area contributed by atoms with Gasteiger partial charge in [0.2, 0.25) is 0 Å². The molecule has 4 heteroatoms. The molecule has 3 aromatic rings. The average Bonchev–Trinajstić information content (AvgIpc) is 2.97. The first-order valence-corrected chi connectivity index (χ1v) is 9.22. The van der Waals surface area contributed by atoms with Gasteiger partial charge in [-0.3, -0.25) is 0 Å². The van der Waals surface area contributed by atoms with Crippen LogP contribution >= 0.6 is 15.9 Å². The van der Waals surface area contributed by atoms with Crippen LogP contribution in [-0.4, -0.2) is 5.11 Å². The van der Waals surface area contributed by atoms with Gasteiger partial charge in [-0.05, 0) is 46.8 Å². The maximum absolute atomic E-state index is 10.6. The molecule has 2 aromatic carbocycles. The van der Waals surface area contributed by atoms with Gasteiger partial charge in [0, 0.05) is 36.0 Å². The van der Waals surface area contributed by atoms with E-state index in [-0.39, 0.29) is 0 Å². The first-order chi connectivity index (χ1) is 11.7. The maximum Gasteiger partial charge on any atom is 0.136 e. The number of hydrogen-bond donors (Lipinski definition) is 2. The second-order valence-corrected chi connectivity index (χ2v) is 7.21. The third-order valence-electron chi connectivity index (χ3n) is 4.74. The van der Waals surface area contributed by atoms with Crippen molar-refractivity contribution in [3.05, 3.63) is 63.3 Å². The van der Waals surface area contributed by atoms with Crippen molar-refractivity contribution >= 4 is 26.9 Å². The summed E-state index contributed by atoms with van der Waals surface area (Å²) in [5, 5.41) is 15.1. The Balaban J connectivity index is 1.68. The summed E-state index contributed by atoms with van der Waals surface area (Å²) in [7, 11) is 0. The predicted octanol–water partition coefficient (Wildman–Crippen LogP) is 5.07. The Morgan fingerprint density at radius 1 is 1.08 bits per heavy atom. The molecule has 0 spiro atoms. The van der Waals surface area contributed by atoms with E-state index in [4.69, 9.17) is 4.42 Å². The largest absolute Gasteiger partial charge is 0.506 e. The smallest absolute Gasteiger partial charge is 0.136 e. The van der Waals surface area contributed by atoms with Gasteiger partial charge in [0.15, 0.2) is 0 Å². The summed E-state index contributed by atoms with van der Waals surface area (Å²) in [6.45, 7) is 1.39. The number of nitrogens with one attached hydrogen (secondary N) is 1. The van der Waals surface area contributed by atoms with E-state index >= 15 is 0 Å². The molecule has 0 fully saturated rings. The standard InChI is InChI=1S/C20H20BrNO2/c21-16-10-18-19(14-8-4-5-9-17(14)24-18)15(20(16)23)12-22-11-13-6-2-1-3-7-13/h1-3,6-7,10,22-23H,4-5,8-9,11-12H2. The summed E-state index contributed by atoms with van der Waals surface area (Å²) in [6.07, 6.45) is 4.41. The minimum Gasteiger partial charge on any atom is -0.506 e. The predicted molar refractivity (Wildman–Crippen MR) is 99.2 cm³/mol. The number of hydrogen-bond acceptors (Lipinski definition) is 3. The number of aromatic hydroxyl groups is 1. The molecular weight excluding hydrogens is 366 g/mol. The summed E-state index contributed by atoms with van der Waals surface area (Å²) in [5.74, 6) is 1.41. The van der Waals surface area contributed by atoms with Crippen LogP contribution < -0.4 is 5.32 Å². The Labute approximate surface area is 149 Å². The summed E-state index contributed by atoms with van der Waals surface area (Å²) >= 11 is 3.46. The first kappa shape index (κ1) is 15.7. The lowest BCUT2D eigenvalue weighted by atomic mass is 9.93. The van der Waals surface area contributed by atoms with Crippen molar-refractivity contribution in [3.8, 4) is 5.75 Å². The van der Waals surface area contributed by atoms with Crippen LogP contribution in [0.2, 0.25) is 0 Å². The highest BCUT2D eigenvalue weighted by molar-refractivity contribution is 9.10. The fraction of sp³-hybridized carbons (Fsp3) is 0.300. The molecule has 0 bridgehead atoms. The van der Waals surface area contributed by atoms with Gasteiger partial charge in [0.1, 0.15) is 17.1 Å². The van der Waals surface area contributed by atoms with Crippen LogP contribution in [0.5, 0.6) is 5.75 Å². The van der Waals surface area contributed by atoms with Gasteiger partial charge in [0.25, 0.3) is 0 Å². The number of phenolic OH excluding ortho intramolecular Hbond substituents is 1. The van der Waals surface area contributed by atoms with Crippen LogP contribution in [-0.2, 0) is 25.9 Å². The summed E-state index contributed by atoms with van der Waals surface area (Å²) in [5.41, 5.74) is 4.33. The minimum atomic E-state index is 0.317. The minimum absolute atomic E-state index is 0.317. The Morgan fingerprint density at radius 3 is 2.71 bits per heavy atom. The van der Waals surface area contributed by atoms with Crippen molar-refractivity contribution in [2.75, 3.05) is 0 Å². The number of halogens is 1. The number of aryl methyl sites for hydroxylation is 2. The first-order valence-electron chi connectivity index (χ1n) is 8.43. The van der Waals surface area contributed by atoms with Gasteiger partial charge in [0.05, 0.1) is 4.47 Å². The zero-order chi connectivity index (χ0) is 16.5. The molecule has 4 rings (SSSR count). The molecule has 1 aromatic heterocycles. The number of fused-ring (bicyclic) bond motifs is 3. The topological polar surface area (TPSA) is 45.4 Å². The Hall–Kier alpha value is -1.78. The fourth-order valence-electron chi connectivity index (χ4n) is 3.57. The number of phenols is 1.